The fraction of sp³-hybridized carbons (Fsp3) is 0.538. The molecule has 2 nitrogen and oxygen atoms in total. The van der Waals surface area contributed by atoms with Crippen LogP contribution in [-0.4, -0.2) is 18.3 Å². The van der Waals surface area contributed by atoms with Crippen LogP contribution in [0.3, 0.4) is 0 Å². The molecule has 1 aliphatic rings. The van der Waals surface area contributed by atoms with Gasteiger partial charge in [-0.3, -0.25) is 0 Å². The van der Waals surface area contributed by atoms with Gasteiger partial charge in [0, 0.05) is 12.6 Å². The van der Waals surface area contributed by atoms with Crippen LogP contribution >= 0.6 is 0 Å². The van der Waals surface area contributed by atoms with Gasteiger partial charge in [0.25, 0.3) is 0 Å². The Morgan fingerprint density at radius 3 is 2.80 bits per heavy atom. The zero-order valence-electron chi connectivity index (χ0n) is 9.02. The zero-order chi connectivity index (χ0) is 10.5. The molecule has 1 aromatic rings. The highest BCUT2D eigenvalue weighted by molar-refractivity contribution is 5.19. The summed E-state index contributed by atoms with van der Waals surface area (Å²) in [4.78, 5) is 0. The molecule has 1 fully saturated rings. The second-order valence-corrected chi connectivity index (χ2v) is 4.32. The van der Waals surface area contributed by atoms with E-state index in [0.717, 1.165) is 19.4 Å². The van der Waals surface area contributed by atoms with Crippen LogP contribution in [0.1, 0.15) is 30.9 Å². The number of piperidine rings is 1. The van der Waals surface area contributed by atoms with Crippen molar-refractivity contribution in [2.24, 2.45) is 5.92 Å². The highest BCUT2D eigenvalue weighted by Crippen LogP contribution is 2.28. The van der Waals surface area contributed by atoms with Crippen LogP contribution in [0.15, 0.2) is 30.3 Å². The third kappa shape index (κ3) is 2.80. The Hall–Kier alpha value is -0.860. The maximum atomic E-state index is 8.95. The number of hydrogen-bond acceptors (Lipinski definition) is 2. The average molecular weight is 205 g/mol. The van der Waals surface area contributed by atoms with Gasteiger partial charge in [0.2, 0.25) is 0 Å². The van der Waals surface area contributed by atoms with E-state index in [9.17, 15) is 0 Å². The van der Waals surface area contributed by atoms with Crippen molar-refractivity contribution >= 4 is 0 Å². The number of hydrogen-bond donors (Lipinski definition) is 2. The quantitative estimate of drug-likeness (QED) is 0.792. The summed E-state index contributed by atoms with van der Waals surface area (Å²) in [7, 11) is 0. The van der Waals surface area contributed by atoms with Gasteiger partial charge in [0.15, 0.2) is 0 Å². The van der Waals surface area contributed by atoms with E-state index in [1.54, 1.807) is 0 Å². The lowest BCUT2D eigenvalue weighted by atomic mass is 9.87. The predicted molar refractivity (Wildman–Crippen MR) is 61.6 cm³/mol. The van der Waals surface area contributed by atoms with E-state index in [1.165, 1.54) is 12.0 Å². The van der Waals surface area contributed by atoms with Crippen molar-refractivity contribution < 1.29 is 5.11 Å². The second-order valence-electron chi connectivity index (χ2n) is 4.32. The van der Waals surface area contributed by atoms with Crippen LogP contribution in [0.5, 0.6) is 0 Å². The van der Waals surface area contributed by atoms with E-state index in [1.807, 2.05) is 0 Å². The minimum absolute atomic E-state index is 0.326. The topological polar surface area (TPSA) is 32.3 Å². The highest BCUT2D eigenvalue weighted by Gasteiger charge is 2.21. The summed E-state index contributed by atoms with van der Waals surface area (Å²) in [6.07, 6.45) is 3.31. The molecule has 2 N–H and O–H groups in total. The molecule has 15 heavy (non-hydrogen) atoms. The first-order valence-corrected chi connectivity index (χ1v) is 5.79. The summed E-state index contributed by atoms with van der Waals surface area (Å²) in [6, 6.07) is 11.1. The molecule has 0 bridgehead atoms. The Morgan fingerprint density at radius 2 is 2.07 bits per heavy atom. The molecule has 0 saturated carbocycles. The number of rotatable bonds is 3. The summed E-state index contributed by atoms with van der Waals surface area (Å²) in [5.41, 5.74) is 1.38. The molecule has 82 valence electrons. The fourth-order valence-corrected chi connectivity index (χ4v) is 2.38. The van der Waals surface area contributed by atoms with E-state index in [4.69, 9.17) is 5.11 Å². The second kappa shape index (κ2) is 5.29. The van der Waals surface area contributed by atoms with E-state index in [0.29, 0.717) is 18.6 Å². The zero-order valence-corrected chi connectivity index (χ0v) is 9.02. The van der Waals surface area contributed by atoms with Gasteiger partial charge in [-0.25, -0.2) is 0 Å². The molecule has 0 amide bonds. The Morgan fingerprint density at radius 1 is 1.27 bits per heavy atom. The number of aliphatic hydroxyl groups is 1. The first-order valence-electron chi connectivity index (χ1n) is 5.79. The Balaban J connectivity index is 1.98. The molecule has 2 heteroatoms. The number of benzene rings is 1. The van der Waals surface area contributed by atoms with Gasteiger partial charge < -0.3 is 10.4 Å². The van der Waals surface area contributed by atoms with Crippen LogP contribution in [-0.2, 0) is 0 Å². The van der Waals surface area contributed by atoms with Crippen LogP contribution < -0.4 is 5.32 Å². The monoisotopic (exact) mass is 205 g/mol. The van der Waals surface area contributed by atoms with Crippen LogP contribution in [0.2, 0.25) is 0 Å². The highest BCUT2D eigenvalue weighted by atomic mass is 16.3. The van der Waals surface area contributed by atoms with Crippen molar-refractivity contribution in [3.05, 3.63) is 35.9 Å². The Bertz CT molecular complexity index is 284. The molecular formula is C13H19NO. The molecule has 2 unspecified atom stereocenters. The van der Waals surface area contributed by atoms with Gasteiger partial charge in [-0.2, -0.15) is 0 Å². The first kappa shape index (κ1) is 10.7. The smallest absolute Gasteiger partial charge is 0.0433 e. The number of nitrogens with one attached hydrogen (secondary N) is 1. The molecule has 0 aromatic heterocycles. The summed E-state index contributed by atoms with van der Waals surface area (Å²) >= 11 is 0. The maximum Gasteiger partial charge on any atom is 0.0433 e. The molecule has 2 rings (SSSR count). The largest absolute Gasteiger partial charge is 0.396 e. The minimum Gasteiger partial charge on any atom is -0.396 e. The van der Waals surface area contributed by atoms with Crippen molar-refractivity contribution in [1.29, 1.82) is 0 Å². The predicted octanol–water partition coefficient (Wildman–Crippen LogP) is 2.11. The third-order valence-electron chi connectivity index (χ3n) is 3.25. The van der Waals surface area contributed by atoms with Gasteiger partial charge in [-0.05, 0) is 37.3 Å². The van der Waals surface area contributed by atoms with Crippen molar-refractivity contribution in [1.82, 2.24) is 5.32 Å². The van der Waals surface area contributed by atoms with E-state index in [-0.39, 0.29) is 0 Å². The lowest BCUT2D eigenvalue weighted by Crippen LogP contribution is -2.32. The van der Waals surface area contributed by atoms with Crippen molar-refractivity contribution in [3.63, 3.8) is 0 Å². The standard InChI is InChI=1S/C13H19NO/c15-9-7-11-6-8-14-13(10-11)12-4-2-1-3-5-12/h1-5,11,13-15H,6-10H2. The molecule has 0 spiro atoms. The summed E-state index contributed by atoms with van der Waals surface area (Å²) < 4.78 is 0. The van der Waals surface area contributed by atoms with Crippen LogP contribution in [0, 0.1) is 5.92 Å². The molecule has 0 aliphatic carbocycles. The molecular weight excluding hydrogens is 186 g/mol. The average Bonchev–Trinajstić information content (AvgIpc) is 2.31. The van der Waals surface area contributed by atoms with Crippen molar-refractivity contribution in [3.8, 4) is 0 Å². The Kier molecular flexibility index (Phi) is 3.75. The summed E-state index contributed by atoms with van der Waals surface area (Å²) in [5.74, 6) is 0.682. The van der Waals surface area contributed by atoms with E-state index >= 15 is 0 Å². The van der Waals surface area contributed by atoms with Gasteiger partial charge in [0.05, 0.1) is 0 Å². The normalized spacial score (nSPS) is 26.5. The van der Waals surface area contributed by atoms with Crippen LogP contribution in [0.4, 0.5) is 0 Å². The van der Waals surface area contributed by atoms with Crippen molar-refractivity contribution in [2.75, 3.05) is 13.2 Å². The maximum absolute atomic E-state index is 8.95. The summed E-state index contributed by atoms with van der Waals surface area (Å²) in [6.45, 7) is 1.40. The van der Waals surface area contributed by atoms with E-state index < -0.39 is 0 Å². The molecule has 0 radical (unpaired) electrons. The lowest BCUT2D eigenvalue weighted by Gasteiger charge is -2.30. The van der Waals surface area contributed by atoms with E-state index in [2.05, 4.69) is 35.6 Å². The minimum atomic E-state index is 0.326. The third-order valence-corrected chi connectivity index (χ3v) is 3.25. The van der Waals surface area contributed by atoms with Crippen LogP contribution in [0.25, 0.3) is 0 Å². The number of aliphatic hydroxyl groups excluding tert-OH is 1. The fourth-order valence-electron chi connectivity index (χ4n) is 2.38. The SMILES string of the molecule is OCCC1CCNC(c2ccccc2)C1. The lowest BCUT2D eigenvalue weighted by molar-refractivity contribution is 0.216. The molecule has 2 atom stereocenters. The molecule has 1 saturated heterocycles. The van der Waals surface area contributed by atoms with Gasteiger partial charge >= 0.3 is 0 Å². The van der Waals surface area contributed by atoms with Gasteiger partial charge in [0.1, 0.15) is 0 Å². The van der Waals surface area contributed by atoms with Crippen molar-refractivity contribution in [2.45, 2.75) is 25.3 Å². The Labute approximate surface area is 91.3 Å². The molecule has 1 aromatic carbocycles. The summed E-state index contributed by atoms with van der Waals surface area (Å²) in [5, 5.41) is 12.5. The first-order chi connectivity index (χ1) is 7.40. The molecule has 1 heterocycles. The van der Waals surface area contributed by atoms with Gasteiger partial charge in [-0.15, -0.1) is 0 Å². The molecule has 1 aliphatic heterocycles. The van der Waals surface area contributed by atoms with Gasteiger partial charge in [-0.1, -0.05) is 30.3 Å².